The largest absolute Gasteiger partial charge is 0.491 e. The predicted octanol–water partition coefficient (Wildman–Crippen LogP) is 2.97. The Morgan fingerprint density at radius 2 is 2.06 bits per heavy atom. The van der Waals surface area contributed by atoms with Gasteiger partial charge in [-0.15, -0.1) is 0 Å². The van der Waals surface area contributed by atoms with E-state index in [2.05, 4.69) is 18.1 Å². The summed E-state index contributed by atoms with van der Waals surface area (Å²) >= 11 is 0. The number of ether oxygens (including phenoxy) is 1. The molecule has 2 heteroatoms. The number of rotatable bonds is 5. The zero-order valence-electron chi connectivity index (χ0n) is 10.2. The summed E-state index contributed by atoms with van der Waals surface area (Å²) in [6.45, 7) is 11.2. The minimum atomic E-state index is 0.356. The minimum absolute atomic E-state index is 0.356. The van der Waals surface area contributed by atoms with Gasteiger partial charge < -0.3 is 9.64 Å². The average molecular weight is 221 g/mol. The maximum Gasteiger partial charge on any atom is 0.111 e. The molecule has 1 saturated heterocycles. The molecule has 1 saturated carbocycles. The van der Waals surface area contributed by atoms with E-state index in [1.807, 2.05) is 0 Å². The molecule has 0 aromatic carbocycles. The molecule has 0 N–H and O–H groups in total. The van der Waals surface area contributed by atoms with E-state index in [0.717, 1.165) is 24.5 Å². The second-order valence-corrected chi connectivity index (χ2v) is 5.09. The molecule has 1 atom stereocenters. The second-order valence-electron chi connectivity index (χ2n) is 5.09. The molecule has 1 unspecified atom stereocenters. The summed E-state index contributed by atoms with van der Waals surface area (Å²) in [6, 6.07) is 0. The number of nitrogens with zero attached hydrogens (tertiary/aromatic N) is 1. The standard InChI is InChI=1S/C14H23NO/c1-3-12(2)16-14-5-4-9-15(10-8-14)11-13-6-7-13/h3,13-14H,1-2,4-11H2. The van der Waals surface area contributed by atoms with Crippen molar-refractivity contribution in [3.8, 4) is 0 Å². The molecule has 1 aliphatic heterocycles. The molecule has 1 aliphatic carbocycles. The monoisotopic (exact) mass is 221 g/mol. The minimum Gasteiger partial charge on any atom is -0.491 e. The van der Waals surface area contributed by atoms with E-state index in [9.17, 15) is 0 Å². The van der Waals surface area contributed by atoms with Crippen LogP contribution in [0.15, 0.2) is 25.0 Å². The highest BCUT2D eigenvalue weighted by Crippen LogP contribution is 2.30. The van der Waals surface area contributed by atoms with E-state index in [1.165, 1.54) is 38.9 Å². The van der Waals surface area contributed by atoms with Gasteiger partial charge in [0.1, 0.15) is 5.76 Å². The van der Waals surface area contributed by atoms with Crippen LogP contribution in [0.4, 0.5) is 0 Å². The van der Waals surface area contributed by atoms with Gasteiger partial charge in [-0.3, -0.25) is 0 Å². The molecule has 0 aromatic heterocycles. The Kier molecular flexibility index (Phi) is 4.05. The smallest absolute Gasteiger partial charge is 0.111 e. The van der Waals surface area contributed by atoms with Crippen LogP contribution in [0.3, 0.4) is 0 Å². The van der Waals surface area contributed by atoms with E-state index >= 15 is 0 Å². The Morgan fingerprint density at radius 1 is 1.25 bits per heavy atom. The maximum absolute atomic E-state index is 5.75. The number of likely N-dealkylation sites (tertiary alicyclic amines) is 1. The van der Waals surface area contributed by atoms with Crippen LogP contribution in [0.5, 0.6) is 0 Å². The lowest BCUT2D eigenvalue weighted by Crippen LogP contribution is -2.27. The van der Waals surface area contributed by atoms with E-state index in [0.29, 0.717) is 6.10 Å². The van der Waals surface area contributed by atoms with Gasteiger partial charge in [-0.05, 0) is 50.6 Å². The van der Waals surface area contributed by atoms with Gasteiger partial charge in [0.25, 0.3) is 0 Å². The van der Waals surface area contributed by atoms with Gasteiger partial charge in [-0.1, -0.05) is 13.2 Å². The molecule has 2 fully saturated rings. The molecule has 0 amide bonds. The average Bonchev–Trinajstić information content (AvgIpc) is 3.08. The van der Waals surface area contributed by atoms with E-state index < -0.39 is 0 Å². The summed E-state index contributed by atoms with van der Waals surface area (Å²) < 4.78 is 5.75. The Bertz CT molecular complexity index is 257. The molecule has 0 radical (unpaired) electrons. The van der Waals surface area contributed by atoms with Gasteiger partial charge in [-0.2, -0.15) is 0 Å². The van der Waals surface area contributed by atoms with Crippen LogP contribution in [-0.4, -0.2) is 30.6 Å². The fraction of sp³-hybridized carbons (Fsp3) is 0.714. The fourth-order valence-corrected chi connectivity index (χ4v) is 2.35. The molecule has 2 aliphatic rings. The van der Waals surface area contributed by atoms with Crippen molar-refractivity contribution >= 4 is 0 Å². The summed E-state index contributed by atoms with van der Waals surface area (Å²) in [4.78, 5) is 2.61. The quantitative estimate of drug-likeness (QED) is 0.523. The molecule has 0 bridgehead atoms. The Balaban J connectivity index is 1.73. The van der Waals surface area contributed by atoms with Gasteiger partial charge in [0.15, 0.2) is 0 Å². The Hall–Kier alpha value is -0.760. The normalized spacial score (nSPS) is 27.1. The zero-order valence-corrected chi connectivity index (χ0v) is 10.2. The van der Waals surface area contributed by atoms with Crippen LogP contribution in [0, 0.1) is 5.92 Å². The number of hydrogen-bond donors (Lipinski definition) is 0. The highest BCUT2D eigenvalue weighted by molar-refractivity contribution is 5.02. The van der Waals surface area contributed by atoms with Crippen LogP contribution in [-0.2, 0) is 4.74 Å². The second kappa shape index (κ2) is 5.53. The van der Waals surface area contributed by atoms with E-state index in [1.54, 1.807) is 6.08 Å². The van der Waals surface area contributed by atoms with Gasteiger partial charge in [0.05, 0.1) is 6.10 Å². The summed E-state index contributed by atoms with van der Waals surface area (Å²) in [5.74, 6) is 1.72. The van der Waals surface area contributed by atoms with Crippen molar-refractivity contribution in [3.63, 3.8) is 0 Å². The lowest BCUT2D eigenvalue weighted by atomic mass is 10.1. The molecule has 0 spiro atoms. The first-order valence-corrected chi connectivity index (χ1v) is 6.48. The number of hydrogen-bond acceptors (Lipinski definition) is 2. The first-order valence-electron chi connectivity index (χ1n) is 6.48. The highest BCUT2D eigenvalue weighted by atomic mass is 16.5. The van der Waals surface area contributed by atoms with Crippen LogP contribution < -0.4 is 0 Å². The summed E-state index contributed by atoms with van der Waals surface area (Å²) in [6.07, 6.45) is 8.50. The van der Waals surface area contributed by atoms with Gasteiger partial charge in [-0.25, -0.2) is 0 Å². The molecular formula is C14H23NO. The third-order valence-corrected chi connectivity index (χ3v) is 3.53. The summed E-state index contributed by atoms with van der Waals surface area (Å²) in [5, 5.41) is 0. The van der Waals surface area contributed by atoms with Crippen LogP contribution in [0.25, 0.3) is 0 Å². The predicted molar refractivity (Wildman–Crippen MR) is 67.2 cm³/mol. The molecule has 0 aromatic rings. The van der Waals surface area contributed by atoms with Crippen molar-refractivity contribution in [1.29, 1.82) is 0 Å². The van der Waals surface area contributed by atoms with Crippen molar-refractivity contribution in [3.05, 3.63) is 25.0 Å². The SMILES string of the molecule is C=CC(=C)OC1CCCN(CC2CC2)CC1. The van der Waals surface area contributed by atoms with E-state index in [-0.39, 0.29) is 0 Å². The lowest BCUT2D eigenvalue weighted by molar-refractivity contribution is 0.111. The van der Waals surface area contributed by atoms with Crippen molar-refractivity contribution in [1.82, 2.24) is 4.90 Å². The van der Waals surface area contributed by atoms with Gasteiger partial charge in [0, 0.05) is 13.1 Å². The first kappa shape index (κ1) is 11.7. The van der Waals surface area contributed by atoms with Gasteiger partial charge >= 0.3 is 0 Å². The highest BCUT2D eigenvalue weighted by Gasteiger charge is 2.26. The number of allylic oxidation sites excluding steroid dienone is 1. The molecule has 90 valence electrons. The van der Waals surface area contributed by atoms with Crippen molar-refractivity contribution in [2.75, 3.05) is 19.6 Å². The summed E-state index contributed by atoms with van der Waals surface area (Å²) in [5.41, 5.74) is 0. The Labute approximate surface area is 99.0 Å². The maximum atomic E-state index is 5.75. The molecular weight excluding hydrogens is 198 g/mol. The first-order chi connectivity index (χ1) is 7.78. The van der Waals surface area contributed by atoms with Crippen LogP contribution in [0.1, 0.15) is 32.1 Å². The molecule has 2 rings (SSSR count). The van der Waals surface area contributed by atoms with Crippen LogP contribution >= 0.6 is 0 Å². The lowest BCUT2D eigenvalue weighted by Gasteiger charge is -2.20. The topological polar surface area (TPSA) is 12.5 Å². The summed E-state index contributed by atoms with van der Waals surface area (Å²) in [7, 11) is 0. The fourth-order valence-electron chi connectivity index (χ4n) is 2.35. The molecule has 1 heterocycles. The van der Waals surface area contributed by atoms with Crippen molar-refractivity contribution < 1.29 is 4.74 Å². The Morgan fingerprint density at radius 3 is 2.75 bits per heavy atom. The molecule has 2 nitrogen and oxygen atoms in total. The third kappa shape index (κ3) is 3.67. The zero-order chi connectivity index (χ0) is 11.4. The van der Waals surface area contributed by atoms with Crippen molar-refractivity contribution in [2.45, 2.75) is 38.2 Å². The van der Waals surface area contributed by atoms with Crippen molar-refractivity contribution in [2.24, 2.45) is 5.92 Å². The third-order valence-electron chi connectivity index (χ3n) is 3.53. The molecule has 16 heavy (non-hydrogen) atoms. The van der Waals surface area contributed by atoms with Gasteiger partial charge in [0.2, 0.25) is 0 Å². The van der Waals surface area contributed by atoms with Crippen LogP contribution in [0.2, 0.25) is 0 Å². The van der Waals surface area contributed by atoms with E-state index in [4.69, 9.17) is 4.74 Å².